The zero-order chi connectivity index (χ0) is 10.3. The van der Waals surface area contributed by atoms with E-state index in [0.717, 1.165) is 0 Å². The highest BCUT2D eigenvalue weighted by Gasteiger charge is 2.23. The van der Waals surface area contributed by atoms with Crippen molar-refractivity contribution < 1.29 is 18.3 Å². The summed E-state index contributed by atoms with van der Waals surface area (Å²) >= 11 is 3.87. The summed E-state index contributed by atoms with van der Waals surface area (Å²) in [6.45, 7) is 2.22. The Morgan fingerprint density at radius 1 is 1.46 bits per heavy atom. The Labute approximate surface area is 84.1 Å². The van der Waals surface area contributed by atoms with Crippen LogP contribution in [-0.4, -0.2) is 32.8 Å². The predicted molar refractivity (Wildman–Crippen MR) is 54.0 cm³/mol. The molecule has 0 saturated carbocycles. The Morgan fingerprint density at radius 3 is 2.38 bits per heavy atom. The molecule has 0 rings (SSSR count). The molecule has 5 nitrogen and oxygen atoms in total. The highest BCUT2D eigenvalue weighted by molar-refractivity contribution is 7.80. The minimum Gasteiger partial charge on any atom is -0.369 e. The smallest absolute Gasteiger partial charge is 0.369 e. The van der Waals surface area contributed by atoms with Crippen molar-refractivity contribution in [1.82, 2.24) is 5.09 Å². The van der Waals surface area contributed by atoms with Gasteiger partial charge >= 0.3 is 7.75 Å². The Kier molecular flexibility index (Phi) is 7.03. The summed E-state index contributed by atoms with van der Waals surface area (Å²) in [7, 11) is -0.487. The number of nitrogens with one attached hydrogen (secondary N) is 1. The van der Waals surface area contributed by atoms with Crippen molar-refractivity contribution in [3.8, 4) is 0 Å². The van der Waals surface area contributed by atoms with E-state index in [4.69, 9.17) is 4.74 Å². The molecule has 0 fully saturated rings. The van der Waals surface area contributed by atoms with E-state index in [1.165, 1.54) is 14.2 Å². The van der Waals surface area contributed by atoms with Gasteiger partial charge in [0.05, 0.1) is 12.5 Å². The topological polar surface area (TPSA) is 56.8 Å². The van der Waals surface area contributed by atoms with E-state index in [2.05, 4.69) is 26.8 Å². The van der Waals surface area contributed by atoms with Gasteiger partial charge in [0.15, 0.2) is 0 Å². The SMILES string of the molecule is COP(=O)(N[C@@H](C)COCS)OC. The van der Waals surface area contributed by atoms with Crippen molar-refractivity contribution in [1.29, 1.82) is 0 Å². The second-order valence-corrected chi connectivity index (χ2v) is 4.63. The predicted octanol–water partition coefficient (Wildman–Crippen LogP) is 1.27. The summed E-state index contributed by atoms with van der Waals surface area (Å²) in [5.41, 5.74) is 0. The molecular weight excluding hydrogens is 213 g/mol. The molecule has 80 valence electrons. The van der Waals surface area contributed by atoms with Crippen LogP contribution in [-0.2, 0) is 18.3 Å². The van der Waals surface area contributed by atoms with Crippen LogP contribution >= 0.6 is 20.4 Å². The van der Waals surface area contributed by atoms with Crippen molar-refractivity contribution in [3.63, 3.8) is 0 Å². The molecule has 0 spiro atoms. The van der Waals surface area contributed by atoms with E-state index in [0.29, 0.717) is 12.5 Å². The number of thiol groups is 1. The quantitative estimate of drug-likeness (QED) is 0.391. The van der Waals surface area contributed by atoms with E-state index < -0.39 is 7.75 Å². The van der Waals surface area contributed by atoms with Gasteiger partial charge in [0.2, 0.25) is 0 Å². The van der Waals surface area contributed by atoms with Crippen molar-refractivity contribution in [2.75, 3.05) is 26.8 Å². The molecule has 1 atom stereocenters. The summed E-state index contributed by atoms with van der Waals surface area (Å²) in [5.74, 6) is 0.330. The maximum absolute atomic E-state index is 11.5. The van der Waals surface area contributed by atoms with Gasteiger partial charge in [-0.1, -0.05) is 0 Å². The van der Waals surface area contributed by atoms with Gasteiger partial charge in [0.25, 0.3) is 0 Å². The second-order valence-electron chi connectivity index (χ2n) is 2.39. The van der Waals surface area contributed by atoms with Crippen LogP contribution < -0.4 is 5.09 Å². The summed E-state index contributed by atoms with van der Waals surface area (Å²) in [6, 6.07) is -0.113. The van der Waals surface area contributed by atoms with Gasteiger partial charge < -0.3 is 13.8 Å². The molecule has 0 saturated heterocycles. The lowest BCUT2D eigenvalue weighted by Crippen LogP contribution is -2.28. The molecule has 0 unspecified atom stereocenters. The average molecular weight is 229 g/mol. The van der Waals surface area contributed by atoms with Gasteiger partial charge in [-0.3, -0.25) is 0 Å². The molecule has 0 aromatic carbocycles. The number of ether oxygens (including phenoxy) is 1. The Morgan fingerprint density at radius 2 is 2.00 bits per heavy atom. The molecule has 1 N–H and O–H groups in total. The van der Waals surface area contributed by atoms with E-state index in [9.17, 15) is 4.57 Å². The fourth-order valence-electron chi connectivity index (χ4n) is 0.717. The summed E-state index contributed by atoms with van der Waals surface area (Å²) in [4.78, 5) is 0. The summed E-state index contributed by atoms with van der Waals surface area (Å²) in [5, 5.41) is 2.68. The van der Waals surface area contributed by atoms with Crippen LogP contribution in [0.5, 0.6) is 0 Å². The zero-order valence-electron chi connectivity index (χ0n) is 8.02. The number of hydrogen-bond acceptors (Lipinski definition) is 5. The maximum Gasteiger partial charge on any atom is 0.405 e. The van der Waals surface area contributed by atoms with Crippen molar-refractivity contribution in [3.05, 3.63) is 0 Å². The number of hydrogen-bond donors (Lipinski definition) is 2. The standard InChI is InChI=1S/C6H16NO4PS/c1-6(4-11-5-13)7-12(8,9-2)10-3/h6,13H,4-5H2,1-3H3,(H,7,8)/t6-/m0/s1. The molecule has 0 heterocycles. The van der Waals surface area contributed by atoms with Gasteiger partial charge in [0.1, 0.15) is 0 Å². The Bertz CT molecular complexity index is 172. The minimum absolute atomic E-state index is 0.113. The first kappa shape index (κ1) is 13.4. The van der Waals surface area contributed by atoms with Crippen molar-refractivity contribution in [2.45, 2.75) is 13.0 Å². The Hall–Kier alpha value is 0.420. The minimum atomic E-state index is -3.13. The van der Waals surface area contributed by atoms with Gasteiger partial charge in [-0.15, -0.1) is 0 Å². The van der Waals surface area contributed by atoms with Crippen LogP contribution in [0.25, 0.3) is 0 Å². The normalized spacial score (nSPS) is 14.5. The van der Waals surface area contributed by atoms with E-state index in [1.807, 2.05) is 6.92 Å². The third kappa shape index (κ3) is 5.67. The van der Waals surface area contributed by atoms with Crippen LogP contribution in [0.3, 0.4) is 0 Å². The molecule has 0 amide bonds. The molecule has 0 radical (unpaired) electrons. The van der Waals surface area contributed by atoms with E-state index in [1.54, 1.807) is 0 Å². The highest BCUT2D eigenvalue weighted by atomic mass is 32.1. The molecule has 0 bridgehead atoms. The molecule has 0 aliphatic rings. The molecule has 7 heteroatoms. The van der Waals surface area contributed by atoms with Crippen LogP contribution in [0, 0.1) is 0 Å². The van der Waals surface area contributed by atoms with Crippen LogP contribution in [0.1, 0.15) is 6.92 Å². The van der Waals surface area contributed by atoms with E-state index in [-0.39, 0.29) is 6.04 Å². The van der Waals surface area contributed by atoms with Gasteiger partial charge in [-0.2, -0.15) is 12.6 Å². The monoisotopic (exact) mass is 229 g/mol. The first-order valence-electron chi connectivity index (χ1n) is 3.76. The lowest BCUT2D eigenvalue weighted by atomic mass is 10.4. The third-order valence-corrected chi connectivity index (χ3v) is 3.22. The van der Waals surface area contributed by atoms with E-state index >= 15 is 0 Å². The van der Waals surface area contributed by atoms with Gasteiger partial charge in [0, 0.05) is 20.3 Å². The zero-order valence-corrected chi connectivity index (χ0v) is 9.81. The fraction of sp³-hybridized carbons (Fsp3) is 1.00. The second kappa shape index (κ2) is 6.81. The third-order valence-electron chi connectivity index (χ3n) is 1.32. The van der Waals surface area contributed by atoms with Crippen LogP contribution in [0.15, 0.2) is 0 Å². The summed E-state index contributed by atoms with van der Waals surface area (Å²) in [6.07, 6.45) is 0. The average Bonchev–Trinajstić information content (AvgIpc) is 2.14. The molecule has 0 aromatic heterocycles. The molecule has 0 aliphatic heterocycles. The fourth-order valence-corrected chi connectivity index (χ4v) is 1.80. The first-order chi connectivity index (χ1) is 6.08. The lowest BCUT2D eigenvalue weighted by Gasteiger charge is -2.19. The molecule has 13 heavy (non-hydrogen) atoms. The number of rotatable bonds is 7. The maximum atomic E-state index is 11.5. The summed E-state index contributed by atoms with van der Waals surface area (Å²) < 4.78 is 25.9. The molecular formula is C6H16NO4PS. The van der Waals surface area contributed by atoms with Crippen molar-refractivity contribution >= 4 is 20.4 Å². The van der Waals surface area contributed by atoms with Crippen LogP contribution in [0.2, 0.25) is 0 Å². The molecule has 0 aliphatic carbocycles. The molecule has 0 aromatic rings. The first-order valence-corrected chi connectivity index (χ1v) is 5.93. The van der Waals surface area contributed by atoms with Crippen molar-refractivity contribution in [2.24, 2.45) is 0 Å². The van der Waals surface area contributed by atoms with Crippen LogP contribution in [0.4, 0.5) is 0 Å². The highest BCUT2D eigenvalue weighted by Crippen LogP contribution is 2.41. The largest absolute Gasteiger partial charge is 0.405 e. The lowest BCUT2D eigenvalue weighted by molar-refractivity contribution is 0.160. The van der Waals surface area contributed by atoms with Gasteiger partial charge in [-0.05, 0) is 6.92 Å². The Balaban J connectivity index is 3.87. The van der Waals surface area contributed by atoms with Gasteiger partial charge in [-0.25, -0.2) is 9.65 Å².